The Bertz CT molecular complexity index is 449. The van der Waals surface area contributed by atoms with E-state index in [-0.39, 0.29) is 5.78 Å². The number of benzene rings is 1. The molecule has 0 spiro atoms. The van der Waals surface area contributed by atoms with E-state index in [2.05, 4.69) is 0 Å². The maximum atomic E-state index is 12.4. The van der Waals surface area contributed by atoms with Gasteiger partial charge in [-0.1, -0.05) is 17.7 Å². The van der Waals surface area contributed by atoms with E-state index in [9.17, 15) is 9.90 Å². The number of likely N-dealkylation sites (N-methyl/N-ethyl adjacent to an activating group) is 1. The van der Waals surface area contributed by atoms with E-state index in [4.69, 9.17) is 0 Å². The lowest BCUT2D eigenvalue weighted by Gasteiger charge is -2.25. The number of hydrogen-bond acceptors (Lipinski definition) is 3. The summed E-state index contributed by atoms with van der Waals surface area (Å²) < 4.78 is 0. The van der Waals surface area contributed by atoms with E-state index in [1.54, 1.807) is 13.8 Å². The van der Waals surface area contributed by atoms with Crippen molar-refractivity contribution in [2.75, 3.05) is 20.1 Å². The molecule has 0 aliphatic carbocycles. The molecule has 1 N–H and O–H groups in total. The van der Waals surface area contributed by atoms with Crippen molar-refractivity contribution >= 4 is 5.78 Å². The van der Waals surface area contributed by atoms with Crippen LogP contribution in [-0.4, -0.2) is 41.5 Å². The molecule has 0 fully saturated rings. The van der Waals surface area contributed by atoms with Gasteiger partial charge in [-0.15, -0.1) is 0 Å². The third-order valence-corrected chi connectivity index (χ3v) is 3.03. The van der Waals surface area contributed by atoms with Gasteiger partial charge in [-0.3, -0.25) is 9.69 Å². The predicted octanol–water partition coefficient (Wildman–Crippen LogP) is 2.50. The van der Waals surface area contributed by atoms with Gasteiger partial charge < -0.3 is 5.11 Å². The Morgan fingerprint density at radius 3 is 2.11 bits per heavy atom. The maximum absolute atomic E-state index is 12.4. The average molecular weight is 263 g/mol. The molecule has 1 rings (SSSR count). The number of carbonyl (C=O) groups is 1. The van der Waals surface area contributed by atoms with Gasteiger partial charge in [-0.25, -0.2) is 0 Å². The molecule has 106 valence electrons. The molecule has 0 saturated heterocycles. The summed E-state index contributed by atoms with van der Waals surface area (Å²) in [5.74, 6) is 0.113. The molecule has 0 unspecified atom stereocenters. The van der Waals surface area contributed by atoms with Crippen molar-refractivity contribution in [3.8, 4) is 0 Å². The number of Topliss-reactive ketones (excluding diaryl/α,β-unsaturated/α-hetero) is 1. The molecule has 0 heterocycles. The van der Waals surface area contributed by atoms with Crippen LogP contribution in [0.5, 0.6) is 0 Å². The summed E-state index contributed by atoms with van der Waals surface area (Å²) in [6, 6.07) is 4.08. The van der Waals surface area contributed by atoms with Crippen molar-refractivity contribution in [3.05, 3.63) is 34.4 Å². The van der Waals surface area contributed by atoms with Crippen molar-refractivity contribution in [2.45, 2.75) is 40.2 Å². The van der Waals surface area contributed by atoms with Crippen LogP contribution >= 0.6 is 0 Å². The van der Waals surface area contributed by atoms with Crippen molar-refractivity contribution < 1.29 is 9.90 Å². The van der Waals surface area contributed by atoms with Crippen molar-refractivity contribution in [1.82, 2.24) is 4.90 Å². The lowest BCUT2D eigenvalue weighted by molar-refractivity contribution is 0.0439. The minimum Gasteiger partial charge on any atom is -0.389 e. The topological polar surface area (TPSA) is 40.5 Å². The Morgan fingerprint density at radius 2 is 1.68 bits per heavy atom. The predicted molar refractivity (Wildman–Crippen MR) is 78.8 cm³/mol. The highest BCUT2D eigenvalue weighted by Crippen LogP contribution is 2.17. The molecular weight excluding hydrogens is 238 g/mol. The molecule has 0 aliphatic rings. The van der Waals surface area contributed by atoms with E-state index in [0.29, 0.717) is 13.1 Å². The van der Waals surface area contributed by atoms with E-state index in [1.807, 2.05) is 44.9 Å². The SMILES string of the molecule is Cc1cc(C)c(C(=O)CN(C)CC(C)(C)O)c(C)c1. The molecule has 0 aliphatic heterocycles. The molecule has 0 amide bonds. The van der Waals surface area contributed by atoms with Crippen LogP contribution in [0, 0.1) is 20.8 Å². The van der Waals surface area contributed by atoms with E-state index >= 15 is 0 Å². The van der Waals surface area contributed by atoms with Crippen molar-refractivity contribution in [1.29, 1.82) is 0 Å². The summed E-state index contributed by atoms with van der Waals surface area (Å²) in [6.45, 7) is 10.3. The fourth-order valence-corrected chi connectivity index (χ4v) is 2.66. The van der Waals surface area contributed by atoms with E-state index < -0.39 is 5.60 Å². The number of aliphatic hydroxyl groups is 1. The normalized spacial score (nSPS) is 12.0. The second kappa shape index (κ2) is 5.85. The molecule has 3 heteroatoms. The molecule has 0 radical (unpaired) electrons. The third-order valence-electron chi connectivity index (χ3n) is 3.03. The first-order valence-electron chi connectivity index (χ1n) is 6.62. The highest BCUT2D eigenvalue weighted by molar-refractivity contribution is 6.00. The van der Waals surface area contributed by atoms with Gasteiger partial charge in [-0.05, 0) is 52.8 Å². The Kier molecular flexibility index (Phi) is 4.88. The van der Waals surface area contributed by atoms with Crippen molar-refractivity contribution in [3.63, 3.8) is 0 Å². The van der Waals surface area contributed by atoms with Crippen LogP contribution in [0.15, 0.2) is 12.1 Å². The van der Waals surface area contributed by atoms with Gasteiger partial charge in [0.15, 0.2) is 5.78 Å². The van der Waals surface area contributed by atoms with Crippen molar-refractivity contribution in [2.24, 2.45) is 0 Å². The van der Waals surface area contributed by atoms with Gasteiger partial charge in [0.05, 0.1) is 12.1 Å². The standard InChI is InChI=1S/C16H25NO2/c1-11-7-12(2)15(13(3)8-11)14(18)9-17(6)10-16(4,5)19/h7-8,19H,9-10H2,1-6H3. The lowest BCUT2D eigenvalue weighted by atomic mass is 9.96. The smallest absolute Gasteiger partial charge is 0.177 e. The van der Waals surface area contributed by atoms with Gasteiger partial charge in [0, 0.05) is 12.1 Å². The lowest BCUT2D eigenvalue weighted by Crippen LogP contribution is -2.39. The minimum atomic E-state index is -0.785. The molecule has 1 aromatic rings. The number of rotatable bonds is 5. The zero-order valence-corrected chi connectivity index (χ0v) is 12.9. The number of carbonyl (C=O) groups excluding carboxylic acids is 1. The van der Waals surface area contributed by atoms with Crippen LogP contribution in [-0.2, 0) is 0 Å². The van der Waals surface area contributed by atoms with Gasteiger partial charge in [-0.2, -0.15) is 0 Å². The summed E-state index contributed by atoms with van der Waals surface area (Å²) >= 11 is 0. The second-order valence-corrected chi connectivity index (χ2v) is 6.18. The van der Waals surface area contributed by atoms with Crippen LogP contribution in [0.25, 0.3) is 0 Å². The molecule has 0 aromatic heterocycles. The number of ketones is 1. The zero-order chi connectivity index (χ0) is 14.8. The Balaban J connectivity index is 2.85. The van der Waals surface area contributed by atoms with Gasteiger partial charge in [0.25, 0.3) is 0 Å². The number of aryl methyl sites for hydroxylation is 3. The number of nitrogens with zero attached hydrogens (tertiary/aromatic N) is 1. The van der Waals surface area contributed by atoms with E-state index in [1.165, 1.54) is 5.56 Å². The summed E-state index contributed by atoms with van der Waals surface area (Å²) in [5, 5.41) is 9.76. The fourth-order valence-electron chi connectivity index (χ4n) is 2.66. The Morgan fingerprint density at radius 1 is 1.21 bits per heavy atom. The van der Waals surface area contributed by atoms with Crippen LogP contribution in [0.1, 0.15) is 40.9 Å². The minimum absolute atomic E-state index is 0.113. The molecular formula is C16H25NO2. The molecule has 0 saturated carbocycles. The van der Waals surface area contributed by atoms with Crippen LogP contribution in [0.2, 0.25) is 0 Å². The maximum Gasteiger partial charge on any atom is 0.177 e. The van der Waals surface area contributed by atoms with Gasteiger partial charge in [0.2, 0.25) is 0 Å². The Labute approximate surface area is 116 Å². The molecule has 3 nitrogen and oxygen atoms in total. The monoisotopic (exact) mass is 263 g/mol. The molecule has 0 bridgehead atoms. The first-order valence-corrected chi connectivity index (χ1v) is 6.62. The highest BCUT2D eigenvalue weighted by Gasteiger charge is 2.19. The molecule has 1 aromatic carbocycles. The highest BCUT2D eigenvalue weighted by atomic mass is 16.3. The Hall–Kier alpha value is -1.19. The third kappa shape index (κ3) is 4.77. The summed E-state index contributed by atoms with van der Waals surface area (Å²) in [5.41, 5.74) is 3.26. The first kappa shape index (κ1) is 15.9. The zero-order valence-electron chi connectivity index (χ0n) is 12.9. The van der Waals surface area contributed by atoms with Gasteiger partial charge >= 0.3 is 0 Å². The fraction of sp³-hybridized carbons (Fsp3) is 0.562. The average Bonchev–Trinajstić information content (AvgIpc) is 2.10. The summed E-state index contributed by atoms with van der Waals surface area (Å²) in [6.07, 6.45) is 0. The molecule has 19 heavy (non-hydrogen) atoms. The van der Waals surface area contributed by atoms with Crippen LogP contribution in [0.4, 0.5) is 0 Å². The molecule has 0 atom stereocenters. The van der Waals surface area contributed by atoms with Crippen LogP contribution < -0.4 is 0 Å². The number of hydrogen-bond donors (Lipinski definition) is 1. The van der Waals surface area contributed by atoms with Crippen LogP contribution in [0.3, 0.4) is 0 Å². The summed E-state index contributed by atoms with van der Waals surface area (Å²) in [7, 11) is 1.86. The summed E-state index contributed by atoms with van der Waals surface area (Å²) in [4.78, 5) is 14.2. The quantitative estimate of drug-likeness (QED) is 0.830. The second-order valence-electron chi connectivity index (χ2n) is 6.18. The first-order chi connectivity index (χ1) is 8.60. The largest absolute Gasteiger partial charge is 0.389 e. The van der Waals surface area contributed by atoms with Gasteiger partial charge in [0.1, 0.15) is 0 Å². The van der Waals surface area contributed by atoms with E-state index in [0.717, 1.165) is 16.7 Å².